The summed E-state index contributed by atoms with van der Waals surface area (Å²) in [6, 6.07) is 4.40. The average Bonchev–Trinajstić information content (AvgIpc) is 2.33. The van der Waals surface area contributed by atoms with E-state index in [-0.39, 0.29) is 22.1 Å². The van der Waals surface area contributed by atoms with Gasteiger partial charge in [-0.15, -0.1) is 0 Å². The minimum Gasteiger partial charge on any atom is -0.497 e. The number of ether oxygens (including phenoxy) is 1. The zero-order chi connectivity index (χ0) is 12.4. The molecule has 0 aliphatic carbocycles. The molecule has 6 heteroatoms. The molecule has 4 nitrogen and oxygen atoms in total. The average molecular weight is 254 g/mol. The van der Waals surface area contributed by atoms with Crippen LogP contribution in [0, 0.1) is 5.82 Å². The third kappa shape index (κ3) is 2.14. The molecule has 0 bridgehead atoms. The van der Waals surface area contributed by atoms with Crippen molar-refractivity contribution in [3.8, 4) is 17.0 Å². The van der Waals surface area contributed by atoms with Crippen molar-refractivity contribution in [3.05, 3.63) is 35.4 Å². The predicted molar refractivity (Wildman–Crippen MR) is 63.4 cm³/mol. The van der Waals surface area contributed by atoms with Gasteiger partial charge in [0.25, 0.3) is 0 Å². The molecule has 0 unspecified atom stereocenters. The molecule has 1 aromatic carbocycles. The smallest absolute Gasteiger partial charge is 0.146 e. The lowest BCUT2D eigenvalue weighted by atomic mass is 10.1. The number of nitrogen functional groups attached to an aromatic ring is 1. The molecule has 0 spiro atoms. The van der Waals surface area contributed by atoms with E-state index in [4.69, 9.17) is 22.1 Å². The molecule has 0 atom stereocenters. The second kappa shape index (κ2) is 4.55. The maximum Gasteiger partial charge on any atom is 0.146 e. The lowest BCUT2D eigenvalue weighted by molar-refractivity contribution is 0.411. The minimum atomic E-state index is -0.482. The Hall–Kier alpha value is -1.88. The fraction of sp³-hybridized carbons (Fsp3) is 0.0909. The number of nitrogens with two attached hydrogens (primary N) is 1. The van der Waals surface area contributed by atoms with Gasteiger partial charge in [0.15, 0.2) is 0 Å². The Bertz CT molecular complexity index is 562. The molecule has 17 heavy (non-hydrogen) atoms. The van der Waals surface area contributed by atoms with Crippen molar-refractivity contribution in [3.63, 3.8) is 0 Å². The van der Waals surface area contributed by atoms with Gasteiger partial charge in [0.05, 0.1) is 12.8 Å². The number of hydrogen-bond donors (Lipinski definition) is 1. The van der Waals surface area contributed by atoms with Crippen molar-refractivity contribution in [2.75, 3.05) is 12.8 Å². The Kier molecular flexibility index (Phi) is 3.10. The van der Waals surface area contributed by atoms with Gasteiger partial charge in [0.2, 0.25) is 0 Å². The van der Waals surface area contributed by atoms with E-state index in [0.717, 1.165) is 0 Å². The fourth-order valence-corrected chi connectivity index (χ4v) is 1.59. The largest absolute Gasteiger partial charge is 0.497 e. The second-order valence-corrected chi connectivity index (χ2v) is 3.65. The van der Waals surface area contributed by atoms with E-state index in [1.807, 2.05) is 0 Å². The van der Waals surface area contributed by atoms with Gasteiger partial charge in [-0.1, -0.05) is 11.6 Å². The first-order valence-corrected chi connectivity index (χ1v) is 5.11. The van der Waals surface area contributed by atoms with Crippen LogP contribution in [-0.2, 0) is 0 Å². The standard InChI is InChI=1S/C11H9ClFN3O/c1-17-6-2-3-7(8(13)4-6)10-9(12)11(14)16-5-15-10/h2-5H,1H3,(H2,14,15,16). The van der Waals surface area contributed by atoms with Crippen LogP contribution < -0.4 is 10.5 Å². The molecule has 0 saturated heterocycles. The first-order chi connectivity index (χ1) is 8.13. The van der Waals surface area contributed by atoms with E-state index in [0.29, 0.717) is 5.75 Å². The molecule has 0 aliphatic rings. The zero-order valence-corrected chi connectivity index (χ0v) is 9.70. The van der Waals surface area contributed by atoms with Crippen LogP contribution in [0.4, 0.5) is 10.2 Å². The van der Waals surface area contributed by atoms with Gasteiger partial charge in [-0.3, -0.25) is 0 Å². The highest BCUT2D eigenvalue weighted by atomic mass is 35.5. The fourth-order valence-electron chi connectivity index (χ4n) is 1.39. The van der Waals surface area contributed by atoms with E-state index in [1.54, 1.807) is 6.07 Å². The number of anilines is 1. The number of rotatable bonds is 2. The van der Waals surface area contributed by atoms with Gasteiger partial charge >= 0.3 is 0 Å². The predicted octanol–water partition coefficient (Wildman–Crippen LogP) is 2.53. The lowest BCUT2D eigenvalue weighted by Gasteiger charge is -2.07. The van der Waals surface area contributed by atoms with E-state index >= 15 is 0 Å². The molecule has 2 aromatic rings. The Morgan fingerprint density at radius 3 is 2.76 bits per heavy atom. The topological polar surface area (TPSA) is 61.0 Å². The molecule has 0 fully saturated rings. The maximum absolute atomic E-state index is 13.8. The molecular weight excluding hydrogens is 245 g/mol. The summed E-state index contributed by atoms with van der Waals surface area (Å²) in [5.41, 5.74) is 6.05. The van der Waals surface area contributed by atoms with Crippen molar-refractivity contribution < 1.29 is 9.13 Å². The minimum absolute atomic E-state index is 0.117. The van der Waals surface area contributed by atoms with Crippen LogP contribution in [0.15, 0.2) is 24.5 Å². The molecule has 0 radical (unpaired) electrons. The molecule has 2 N–H and O–H groups in total. The first-order valence-electron chi connectivity index (χ1n) is 4.73. The summed E-state index contributed by atoms with van der Waals surface area (Å²) in [5, 5.41) is 0.136. The molecule has 1 heterocycles. The van der Waals surface area contributed by atoms with Crippen molar-refractivity contribution in [1.82, 2.24) is 9.97 Å². The summed E-state index contributed by atoms with van der Waals surface area (Å²) in [7, 11) is 1.46. The maximum atomic E-state index is 13.8. The van der Waals surface area contributed by atoms with Gasteiger partial charge in [-0.25, -0.2) is 14.4 Å². The summed E-state index contributed by atoms with van der Waals surface area (Å²) >= 11 is 5.93. The molecule has 88 valence electrons. The lowest BCUT2D eigenvalue weighted by Crippen LogP contribution is -1.97. The van der Waals surface area contributed by atoms with Gasteiger partial charge < -0.3 is 10.5 Å². The summed E-state index contributed by atoms with van der Waals surface area (Å²) in [5.74, 6) is 0.0561. The quantitative estimate of drug-likeness (QED) is 0.893. The first kappa shape index (κ1) is 11.6. The highest BCUT2D eigenvalue weighted by Gasteiger charge is 2.13. The van der Waals surface area contributed by atoms with E-state index in [2.05, 4.69) is 9.97 Å². The van der Waals surface area contributed by atoms with Crippen LogP contribution in [-0.4, -0.2) is 17.1 Å². The number of methoxy groups -OCH3 is 1. The highest BCUT2D eigenvalue weighted by molar-refractivity contribution is 6.35. The zero-order valence-electron chi connectivity index (χ0n) is 8.95. The van der Waals surface area contributed by atoms with Crippen LogP contribution >= 0.6 is 11.6 Å². The van der Waals surface area contributed by atoms with Crippen molar-refractivity contribution in [1.29, 1.82) is 0 Å². The molecule has 1 aromatic heterocycles. The Labute approximate surface area is 102 Å². The second-order valence-electron chi connectivity index (χ2n) is 3.27. The van der Waals surface area contributed by atoms with Crippen LogP contribution in [0.3, 0.4) is 0 Å². The summed E-state index contributed by atoms with van der Waals surface area (Å²) < 4.78 is 18.7. The van der Waals surface area contributed by atoms with Crippen LogP contribution in [0.1, 0.15) is 0 Å². The molecule has 0 saturated carbocycles. The van der Waals surface area contributed by atoms with Gasteiger partial charge in [0, 0.05) is 11.6 Å². The van der Waals surface area contributed by atoms with Crippen molar-refractivity contribution in [2.45, 2.75) is 0 Å². The van der Waals surface area contributed by atoms with E-state index < -0.39 is 5.82 Å². The number of halogens is 2. The molecule has 0 amide bonds. The monoisotopic (exact) mass is 253 g/mol. The van der Waals surface area contributed by atoms with Crippen LogP contribution in [0.5, 0.6) is 5.75 Å². The van der Waals surface area contributed by atoms with Gasteiger partial charge in [0.1, 0.15) is 28.7 Å². The Balaban J connectivity index is 2.57. The normalized spacial score (nSPS) is 10.3. The molecular formula is C11H9ClFN3O. The van der Waals surface area contributed by atoms with Crippen molar-refractivity contribution >= 4 is 17.4 Å². The number of benzene rings is 1. The third-order valence-corrected chi connectivity index (χ3v) is 2.62. The van der Waals surface area contributed by atoms with E-state index in [1.165, 1.54) is 25.6 Å². The van der Waals surface area contributed by atoms with Crippen molar-refractivity contribution in [2.24, 2.45) is 0 Å². The van der Waals surface area contributed by atoms with Gasteiger partial charge in [-0.05, 0) is 12.1 Å². The Morgan fingerprint density at radius 1 is 1.35 bits per heavy atom. The summed E-state index contributed by atoms with van der Waals surface area (Å²) in [6.45, 7) is 0. The van der Waals surface area contributed by atoms with E-state index in [9.17, 15) is 4.39 Å². The summed E-state index contributed by atoms with van der Waals surface area (Å²) in [6.07, 6.45) is 1.24. The Morgan fingerprint density at radius 2 is 2.12 bits per heavy atom. The third-order valence-electron chi connectivity index (χ3n) is 2.25. The number of aromatic nitrogens is 2. The van der Waals surface area contributed by atoms with Gasteiger partial charge in [-0.2, -0.15) is 0 Å². The van der Waals surface area contributed by atoms with Crippen LogP contribution in [0.2, 0.25) is 5.02 Å². The molecule has 2 rings (SSSR count). The molecule has 0 aliphatic heterocycles. The van der Waals surface area contributed by atoms with Crippen LogP contribution in [0.25, 0.3) is 11.3 Å². The number of hydrogen-bond acceptors (Lipinski definition) is 4. The number of nitrogens with zero attached hydrogens (tertiary/aromatic N) is 2. The SMILES string of the molecule is COc1ccc(-c2ncnc(N)c2Cl)c(F)c1. The summed E-state index contributed by atoms with van der Waals surface area (Å²) in [4.78, 5) is 7.64. The highest BCUT2D eigenvalue weighted by Crippen LogP contribution is 2.31.